The average molecular weight is 398 g/mol. The second kappa shape index (κ2) is 7.53. The van der Waals surface area contributed by atoms with Gasteiger partial charge in [0.05, 0.1) is 24.6 Å². The molecule has 2 aliphatic rings. The van der Waals surface area contributed by atoms with Crippen LogP contribution in [0.25, 0.3) is 0 Å². The number of anilines is 4. The van der Waals surface area contributed by atoms with Crippen molar-refractivity contribution >= 4 is 34.5 Å². The zero-order valence-corrected chi connectivity index (χ0v) is 18.6. The molecule has 2 aromatic rings. The molecule has 1 saturated heterocycles. The fourth-order valence-corrected chi connectivity index (χ4v) is 5.49. The topological polar surface area (TPSA) is 27.7 Å². The van der Waals surface area contributed by atoms with E-state index in [4.69, 9.17) is 4.74 Å². The smallest absolute Gasteiger partial charge is 0.0668 e. The Hall–Kier alpha value is -1.85. The van der Waals surface area contributed by atoms with Crippen LogP contribution >= 0.6 is 11.8 Å². The van der Waals surface area contributed by atoms with E-state index in [1.807, 2.05) is 11.8 Å². The summed E-state index contributed by atoms with van der Waals surface area (Å²) in [6, 6.07) is 10.1. The van der Waals surface area contributed by atoms with Crippen molar-refractivity contribution in [3.8, 4) is 0 Å². The van der Waals surface area contributed by atoms with Gasteiger partial charge >= 0.3 is 0 Å². The van der Waals surface area contributed by atoms with E-state index in [0.717, 1.165) is 19.6 Å². The number of fused-ring (bicyclic) bond motifs is 2. The van der Waals surface area contributed by atoms with Crippen molar-refractivity contribution in [3.05, 3.63) is 35.4 Å². The minimum atomic E-state index is 0.391. The zero-order chi connectivity index (χ0) is 20.0. The van der Waals surface area contributed by atoms with Gasteiger partial charge in [-0.1, -0.05) is 18.7 Å². The summed E-state index contributed by atoms with van der Waals surface area (Å²) in [5.74, 6) is 0. The molecular formula is C23H31N3OS. The number of nitrogens with zero attached hydrogens (tertiary/aromatic N) is 2. The van der Waals surface area contributed by atoms with Crippen molar-refractivity contribution < 1.29 is 4.74 Å². The normalized spacial score (nSPS) is 21.0. The maximum absolute atomic E-state index is 5.73. The highest BCUT2D eigenvalue weighted by Crippen LogP contribution is 2.49. The van der Waals surface area contributed by atoms with Crippen LogP contribution in [0.5, 0.6) is 0 Å². The average Bonchev–Trinajstić information content (AvgIpc) is 2.65. The van der Waals surface area contributed by atoms with Gasteiger partial charge in [-0.25, -0.2) is 0 Å². The first-order valence-corrected chi connectivity index (χ1v) is 11.0. The van der Waals surface area contributed by atoms with Crippen molar-refractivity contribution in [3.63, 3.8) is 0 Å². The molecule has 2 heterocycles. The largest absolute Gasteiger partial charge is 0.378 e. The molecule has 0 aliphatic carbocycles. The summed E-state index contributed by atoms with van der Waals surface area (Å²) in [6.07, 6.45) is 1.02. The van der Waals surface area contributed by atoms with Gasteiger partial charge in [0.1, 0.15) is 0 Å². The van der Waals surface area contributed by atoms with Crippen LogP contribution in [-0.4, -0.2) is 39.4 Å². The molecule has 0 spiro atoms. The Morgan fingerprint density at radius 1 is 1.07 bits per heavy atom. The summed E-state index contributed by atoms with van der Waals surface area (Å²) < 4.78 is 5.73. The van der Waals surface area contributed by atoms with Crippen LogP contribution in [0.2, 0.25) is 0 Å². The Labute approximate surface area is 173 Å². The van der Waals surface area contributed by atoms with Crippen LogP contribution in [0.1, 0.15) is 31.9 Å². The zero-order valence-electron chi connectivity index (χ0n) is 17.8. The summed E-state index contributed by atoms with van der Waals surface area (Å²) in [5.41, 5.74) is 7.76. The Bertz CT molecular complexity index is 886. The van der Waals surface area contributed by atoms with Crippen LogP contribution in [0, 0.1) is 6.92 Å². The number of benzene rings is 2. The van der Waals surface area contributed by atoms with E-state index < -0.39 is 0 Å². The van der Waals surface area contributed by atoms with E-state index in [1.165, 1.54) is 43.7 Å². The minimum absolute atomic E-state index is 0.391. The van der Waals surface area contributed by atoms with Crippen LogP contribution in [0.15, 0.2) is 34.1 Å². The molecule has 0 bridgehead atoms. The van der Waals surface area contributed by atoms with E-state index in [0.29, 0.717) is 12.1 Å². The number of ether oxygens (including phenoxy) is 1. The van der Waals surface area contributed by atoms with Crippen LogP contribution in [-0.2, 0) is 11.2 Å². The minimum Gasteiger partial charge on any atom is -0.378 e. The van der Waals surface area contributed by atoms with Crippen molar-refractivity contribution in [2.24, 2.45) is 0 Å². The lowest BCUT2D eigenvalue weighted by atomic mass is 10.1. The third kappa shape index (κ3) is 3.35. The lowest BCUT2D eigenvalue weighted by molar-refractivity contribution is 0.0756. The van der Waals surface area contributed by atoms with E-state index in [9.17, 15) is 0 Å². The molecule has 2 aromatic carbocycles. The molecule has 5 heteroatoms. The maximum Gasteiger partial charge on any atom is 0.0668 e. The summed E-state index contributed by atoms with van der Waals surface area (Å²) in [7, 11) is 4.22. The number of morpholine rings is 1. The SMILES string of the molecule is CCc1cc(N(C)C)cc2c1Nc1c(C)cc(N3C(C)COCC3C)cc1S2. The van der Waals surface area contributed by atoms with Crippen molar-refractivity contribution in [2.75, 3.05) is 42.4 Å². The summed E-state index contributed by atoms with van der Waals surface area (Å²) in [4.78, 5) is 7.33. The highest BCUT2D eigenvalue weighted by atomic mass is 32.2. The van der Waals surface area contributed by atoms with E-state index in [-0.39, 0.29) is 0 Å². The fraction of sp³-hybridized carbons (Fsp3) is 0.478. The summed E-state index contributed by atoms with van der Waals surface area (Å²) in [6.45, 7) is 10.5. The highest BCUT2D eigenvalue weighted by molar-refractivity contribution is 7.99. The molecule has 0 amide bonds. The molecule has 1 fully saturated rings. The summed E-state index contributed by atoms with van der Waals surface area (Å²) in [5, 5.41) is 3.76. The van der Waals surface area contributed by atoms with E-state index in [2.05, 4.69) is 81.2 Å². The Morgan fingerprint density at radius 3 is 2.39 bits per heavy atom. The standard InChI is InChI=1S/C23H31N3OS/c1-7-17-9-18(25(5)6)10-21-23(17)24-22-14(2)8-19(11-20(22)28-21)26-15(3)12-27-13-16(26)4/h8-11,15-16,24H,7,12-13H2,1-6H3. The van der Waals surface area contributed by atoms with Crippen molar-refractivity contribution in [1.82, 2.24) is 0 Å². The lowest BCUT2D eigenvalue weighted by Crippen LogP contribution is -2.49. The quantitative estimate of drug-likeness (QED) is 0.635. The highest BCUT2D eigenvalue weighted by Gasteiger charge is 2.28. The van der Waals surface area contributed by atoms with Gasteiger partial charge in [0.25, 0.3) is 0 Å². The number of aryl methyl sites for hydroxylation is 2. The molecule has 4 nitrogen and oxygen atoms in total. The second-order valence-electron chi connectivity index (χ2n) is 8.23. The number of nitrogens with one attached hydrogen (secondary N) is 1. The first kappa shape index (κ1) is 19.5. The first-order valence-electron chi connectivity index (χ1n) is 10.2. The van der Waals surface area contributed by atoms with Gasteiger partial charge in [0.15, 0.2) is 0 Å². The Balaban J connectivity index is 1.76. The van der Waals surface area contributed by atoms with Crippen LogP contribution < -0.4 is 15.1 Å². The molecule has 28 heavy (non-hydrogen) atoms. The molecule has 150 valence electrons. The van der Waals surface area contributed by atoms with Crippen molar-refractivity contribution in [2.45, 2.75) is 56.0 Å². The van der Waals surface area contributed by atoms with Gasteiger partial charge in [0.2, 0.25) is 0 Å². The first-order chi connectivity index (χ1) is 13.4. The maximum atomic E-state index is 5.73. The molecule has 2 unspecified atom stereocenters. The van der Waals surface area contributed by atoms with Gasteiger partial charge in [0, 0.05) is 47.3 Å². The third-order valence-corrected chi connectivity index (χ3v) is 6.87. The summed E-state index contributed by atoms with van der Waals surface area (Å²) >= 11 is 1.89. The van der Waals surface area contributed by atoms with Gasteiger partial charge in [-0.3, -0.25) is 0 Å². The molecule has 0 radical (unpaired) electrons. The fourth-order valence-electron chi connectivity index (χ4n) is 4.30. The van der Waals surface area contributed by atoms with Gasteiger partial charge in [-0.15, -0.1) is 0 Å². The predicted molar refractivity (Wildman–Crippen MR) is 121 cm³/mol. The Morgan fingerprint density at radius 2 is 1.75 bits per heavy atom. The molecule has 0 saturated carbocycles. The molecular weight excluding hydrogens is 366 g/mol. The van der Waals surface area contributed by atoms with Crippen LogP contribution in [0.4, 0.5) is 22.7 Å². The third-order valence-electron chi connectivity index (χ3n) is 5.79. The Kier molecular flexibility index (Phi) is 5.23. The monoisotopic (exact) mass is 397 g/mol. The molecule has 1 N–H and O–H groups in total. The van der Waals surface area contributed by atoms with Gasteiger partial charge in [-0.2, -0.15) is 0 Å². The van der Waals surface area contributed by atoms with Crippen LogP contribution in [0.3, 0.4) is 0 Å². The van der Waals surface area contributed by atoms with Gasteiger partial charge in [-0.05, 0) is 62.6 Å². The number of hydrogen-bond donors (Lipinski definition) is 1. The second-order valence-corrected chi connectivity index (χ2v) is 9.32. The molecule has 2 aliphatic heterocycles. The number of hydrogen-bond acceptors (Lipinski definition) is 5. The van der Waals surface area contributed by atoms with E-state index in [1.54, 1.807) is 0 Å². The lowest BCUT2D eigenvalue weighted by Gasteiger charge is -2.41. The molecule has 4 rings (SSSR count). The van der Waals surface area contributed by atoms with Gasteiger partial charge < -0.3 is 19.9 Å². The predicted octanol–water partition coefficient (Wildman–Crippen LogP) is 5.45. The molecule has 2 atom stereocenters. The van der Waals surface area contributed by atoms with Crippen molar-refractivity contribution in [1.29, 1.82) is 0 Å². The van der Waals surface area contributed by atoms with E-state index >= 15 is 0 Å². The number of rotatable bonds is 3. The molecule has 0 aromatic heterocycles.